The molecule has 1 aromatic rings. The van der Waals surface area contributed by atoms with E-state index in [1.165, 1.54) is 13.0 Å². The number of nitrogens with one attached hydrogen (secondary N) is 1. The Balaban J connectivity index is 2.70. The number of amides is 1. The van der Waals surface area contributed by atoms with Gasteiger partial charge in [-0.25, -0.2) is 4.79 Å². The zero-order valence-corrected chi connectivity index (χ0v) is 15.0. The van der Waals surface area contributed by atoms with Crippen LogP contribution in [0.3, 0.4) is 0 Å². The van der Waals surface area contributed by atoms with Gasteiger partial charge < -0.3 is 19.5 Å². The van der Waals surface area contributed by atoms with Crippen molar-refractivity contribution in [3.8, 4) is 11.5 Å². The van der Waals surface area contributed by atoms with E-state index in [2.05, 4.69) is 5.32 Å². The van der Waals surface area contributed by atoms with Gasteiger partial charge in [0.15, 0.2) is 6.10 Å². The third-order valence-electron chi connectivity index (χ3n) is 2.95. The average Bonchev–Trinajstić information content (AvgIpc) is 2.50. The monoisotopic (exact) mass is 335 g/mol. The van der Waals surface area contributed by atoms with E-state index in [0.717, 1.165) is 5.56 Å². The van der Waals surface area contributed by atoms with Crippen molar-refractivity contribution in [3.63, 3.8) is 0 Å². The Labute approximate surface area is 142 Å². The maximum absolute atomic E-state index is 11.9. The van der Waals surface area contributed by atoms with Gasteiger partial charge in [0.05, 0.1) is 14.2 Å². The average molecular weight is 335 g/mol. The predicted molar refractivity (Wildman–Crippen MR) is 92.0 cm³/mol. The fourth-order valence-electron chi connectivity index (χ4n) is 1.83. The number of carbonyl (C=O) groups excluding carboxylic acids is 2. The van der Waals surface area contributed by atoms with Crippen molar-refractivity contribution in [3.05, 3.63) is 29.8 Å². The van der Waals surface area contributed by atoms with Crippen LogP contribution in [0.5, 0.6) is 11.5 Å². The first-order valence-electron chi connectivity index (χ1n) is 7.58. The highest BCUT2D eigenvalue weighted by Crippen LogP contribution is 2.23. The lowest BCUT2D eigenvalue weighted by molar-refractivity contribution is -0.150. The van der Waals surface area contributed by atoms with Gasteiger partial charge in [-0.1, -0.05) is 0 Å². The standard InChI is InChI=1S/C18H25NO5/c1-12(17(21)19-18(2,3)4)24-16(20)8-7-13-9-14(22-5)11-15(10-13)23-6/h7-12H,1-6H3,(H,19,21)/b8-7+/t12-/m0/s1. The Hall–Kier alpha value is -2.50. The van der Waals surface area contributed by atoms with Crippen LogP contribution in [0.15, 0.2) is 24.3 Å². The van der Waals surface area contributed by atoms with Crippen LogP contribution in [0.2, 0.25) is 0 Å². The lowest BCUT2D eigenvalue weighted by Crippen LogP contribution is -2.46. The molecule has 0 heterocycles. The highest BCUT2D eigenvalue weighted by atomic mass is 16.5. The van der Waals surface area contributed by atoms with Crippen LogP contribution in [0.1, 0.15) is 33.3 Å². The summed E-state index contributed by atoms with van der Waals surface area (Å²) in [5.41, 5.74) is 0.333. The molecule has 0 saturated carbocycles. The van der Waals surface area contributed by atoms with Crippen molar-refractivity contribution in [1.29, 1.82) is 0 Å². The van der Waals surface area contributed by atoms with E-state index in [1.807, 2.05) is 20.8 Å². The Morgan fingerprint density at radius 1 is 1.08 bits per heavy atom. The first-order valence-corrected chi connectivity index (χ1v) is 7.58. The maximum atomic E-state index is 11.9. The molecule has 0 aliphatic carbocycles. The van der Waals surface area contributed by atoms with Crippen LogP contribution in [0.25, 0.3) is 6.08 Å². The molecule has 1 aromatic carbocycles. The number of benzene rings is 1. The highest BCUT2D eigenvalue weighted by molar-refractivity contribution is 5.90. The predicted octanol–water partition coefficient (Wildman–Crippen LogP) is 2.56. The van der Waals surface area contributed by atoms with Gasteiger partial charge in [0.1, 0.15) is 11.5 Å². The molecule has 0 aromatic heterocycles. The van der Waals surface area contributed by atoms with Crippen LogP contribution in [0.4, 0.5) is 0 Å². The van der Waals surface area contributed by atoms with Crippen LogP contribution in [-0.2, 0) is 14.3 Å². The smallest absolute Gasteiger partial charge is 0.331 e. The van der Waals surface area contributed by atoms with Crippen molar-refractivity contribution in [2.45, 2.75) is 39.3 Å². The van der Waals surface area contributed by atoms with Gasteiger partial charge in [-0.3, -0.25) is 4.79 Å². The number of esters is 1. The number of ether oxygens (including phenoxy) is 3. The Morgan fingerprint density at radius 3 is 2.08 bits per heavy atom. The summed E-state index contributed by atoms with van der Waals surface area (Å²) in [5.74, 6) is 0.279. The molecule has 1 amide bonds. The zero-order chi connectivity index (χ0) is 18.3. The molecule has 24 heavy (non-hydrogen) atoms. The van der Waals surface area contributed by atoms with Gasteiger partial charge >= 0.3 is 5.97 Å². The molecule has 0 fully saturated rings. The summed E-state index contributed by atoms with van der Waals surface area (Å²) in [6.07, 6.45) is 1.96. The summed E-state index contributed by atoms with van der Waals surface area (Å²) < 4.78 is 15.4. The Bertz CT molecular complexity index is 594. The third kappa shape index (κ3) is 6.73. The molecule has 0 unspecified atom stereocenters. The van der Waals surface area contributed by atoms with Gasteiger partial charge in [0.2, 0.25) is 0 Å². The minimum absolute atomic E-state index is 0.340. The molecule has 0 radical (unpaired) electrons. The maximum Gasteiger partial charge on any atom is 0.331 e. The third-order valence-corrected chi connectivity index (χ3v) is 2.95. The van der Waals surface area contributed by atoms with Crippen molar-refractivity contribution in [2.24, 2.45) is 0 Å². The van der Waals surface area contributed by atoms with Gasteiger partial charge in [-0.15, -0.1) is 0 Å². The van der Waals surface area contributed by atoms with Crippen molar-refractivity contribution in [2.75, 3.05) is 14.2 Å². The lowest BCUT2D eigenvalue weighted by Gasteiger charge is -2.22. The van der Waals surface area contributed by atoms with Crippen molar-refractivity contribution >= 4 is 18.0 Å². The second kappa shape index (κ2) is 8.38. The summed E-state index contributed by atoms with van der Waals surface area (Å²) in [5, 5.41) is 2.75. The molecule has 1 rings (SSSR count). The SMILES string of the molecule is COc1cc(/C=C/C(=O)O[C@@H](C)C(=O)NC(C)(C)C)cc(OC)c1. The first kappa shape index (κ1) is 19.5. The summed E-state index contributed by atoms with van der Waals surface area (Å²) in [6.45, 7) is 7.10. The van der Waals surface area contributed by atoms with E-state index in [0.29, 0.717) is 11.5 Å². The van der Waals surface area contributed by atoms with Gasteiger partial charge in [0.25, 0.3) is 5.91 Å². The molecule has 1 atom stereocenters. The zero-order valence-electron chi connectivity index (χ0n) is 15.0. The largest absolute Gasteiger partial charge is 0.497 e. The fourth-order valence-corrected chi connectivity index (χ4v) is 1.83. The lowest BCUT2D eigenvalue weighted by atomic mass is 10.1. The highest BCUT2D eigenvalue weighted by Gasteiger charge is 2.21. The van der Waals surface area contributed by atoms with Crippen LogP contribution in [0, 0.1) is 0 Å². The number of hydrogen-bond acceptors (Lipinski definition) is 5. The van der Waals surface area contributed by atoms with Gasteiger partial charge in [0, 0.05) is 17.7 Å². The van der Waals surface area contributed by atoms with E-state index in [1.54, 1.807) is 38.5 Å². The molecular formula is C18H25NO5. The van der Waals surface area contributed by atoms with E-state index in [4.69, 9.17) is 14.2 Å². The number of methoxy groups -OCH3 is 2. The number of rotatable bonds is 6. The molecule has 0 bridgehead atoms. The van der Waals surface area contributed by atoms with Gasteiger partial charge in [-0.05, 0) is 51.5 Å². The normalized spacial score (nSPS) is 12.6. The quantitative estimate of drug-likeness (QED) is 0.639. The molecule has 0 aliphatic heterocycles. The van der Waals surface area contributed by atoms with Crippen LogP contribution < -0.4 is 14.8 Å². The topological polar surface area (TPSA) is 73.9 Å². The van der Waals surface area contributed by atoms with Crippen LogP contribution >= 0.6 is 0 Å². The molecule has 1 N–H and O–H groups in total. The fraction of sp³-hybridized carbons (Fsp3) is 0.444. The van der Waals surface area contributed by atoms with Gasteiger partial charge in [-0.2, -0.15) is 0 Å². The Kier molecular flexibility index (Phi) is 6.82. The summed E-state index contributed by atoms with van der Waals surface area (Å²) >= 11 is 0. The first-order chi connectivity index (χ1) is 11.1. The molecule has 132 valence electrons. The number of hydrogen-bond donors (Lipinski definition) is 1. The number of carbonyl (C=O) groups is 2. The second-order valence-electron chi connectivity index (χ2n) is 6.30. The minimum Gasteiger partial charge on any atom is -0.497 e. The summed E-state index contributed by atoms with van der Waals surface area (Å²) in [4.78, 5) is 23.7. The molecular weight excluding hydrogens is 310 g/mol. The van der Waals surface area contributed by atoms with E-state index < -0.39 is 12.1 Å². The minimum atomic E-state index is -0.874. The van der Waals surface area contributed by atoms with Crippen LogP contribution in [-0.4, -0.2) is 37.7 Å². The van der Waals surface area contributed by atoms with E-state index in [-0.39, 0.29) is 11.4 Å². The Morgan fingerprint density at radius 2 is 1.62 bits per heavy atom. The summed E-state index contributed by atoms with van der Waals surface area (Å²) in [6, 6.07) is 5.23. The molecule has 6 heteroatoms. The van der Waals surface area contributed by atoms with E-state index in [9.17, 15) is 9.59 Å². The molecule has 6 nitrogen and oxygen atoms in total. The van der Waals surface area contributed by atoms with E-state index >= 15 is 0 Å². The van der Waals surface area contributed by atoms with Crippen molar-refractivity contribution < 1.29 is 23.8 Å². The molecule has 0 saturated heterocycles. The molecule has 0 spiro atoms. The summed E-state index contributed by atoms with van der Waals surface area (Å²) in [7, 11) is 3.10. The van der Waals surface area contributed by atoms with Crippen molar-refractivity contribution in [1.82, 2.24) is 5.32 Å². The second-order valence-corrected chi connectivity index (χ2v) is 6.30. The molecule has 0 aliphatic rings.